The summed E-state index contributed by atoms with van der Waals surface area (Å²) in [6.45, 7) is 3.33. The SMILES string of the molecule is CC(C)c1cc(-c2ccc(N(O)O)cc2)c(C#N)c(OS(=O)(=O)C(F)(F)F)n1. The minimum Gasteiger partial charge on any atom is -0.354 e. The molecule has 0 saturated heterocycles. The number of hydrogen-bond acceptors (Lipinski definition) is 8. The van der Waals surface area contributed by atoms with Gasteiger partial charge in [0.05, 0.1) is 5.69 Å². The summed E-state index contributed by atoms with van der Waals surface area (Å²) in [5, 5.41) is 27.2. The minimum absolute atomic E-state index is 0.0171. The molecule has 8 nitrogen and oxygen atoms in total. The molecule has 0 saturated carbocycles. The lowest BCUT2D eigenvalue weighted by Gasteiger charge is -2.16. The first-order chi connectivity index (χ1) is 12.9. The smallest absolute Gasteiger partial charge is 0.354 e. The molecule has 0 aliphatic heterocycles. The first kappa shape index (κ1) is 21.4. The maximum absolute atomic E-state index is 12.7. The van der Waals surface area contributed by atoms with Crippen LogP contribution >= 0.6 is 0 Å². The van der Waals surface area contributed by atoms with E-state index in [9.17, 15) is 26.9 Å². The molecule has 0 amide bonds. The van der Waals surface area contributed by atoms with Crippen molar-refractivity contribution in [2.45, 2.75) is 25.3 Å². The van der Waals surface area contributed by atoms with Crippen LogP contribution in [0.4, 0.5) is 18.9 Å². The van der Waals surface area contributed by atoms with Crippen molar-refractivity contribution in [3.05, 3.63) is 41.6 Å². The van der Waals surface area contributed by atoms with Crippen LogP contribution in [0.25, 0.3) is 11.1 Å². The highest BCUT2D eigenvalue weighted by Crippen LogP contribution is 2.35. The molecule has 1 aromatic carbocycles. The number of anilines is 1. The zero-order chi connectivity index (χ0) is 21.3. The van der Waals surface area contributed by atoms with Gasteiger partial charge >= 0.3 is 15.6 Å². The summed E-state index contributed by atoms with van der Waals surface area (Å²) >= 11 is 0. The average molecular weight is 417 g/mol. The fourth-order valence-corrected chi connectivity index (χ4v) is 2.58. The van der Waals surface area contributed by atoms with Crippen molar-refractivity contribution in [2.75, 3.05) is 5.23 Å². The zero-order valence-electron chi connectivity index (χ0n) is 14.5. The van der Waals surface area contributed by atoms with E-state index in [-0.39, 0.29) is 28.1 Å². The standard InChI is InChI=1S/C16H14F3N3O5S/c1-9(2)14-7-12(10-3-5-11(6-4-10)22(23)24)13(8-20)15(21-14)27-28(25,26)16(17,18)19/h3-7,9,23-24H,1-2H3. The van der Waals surface area contributed by atoms with E-state index in [0.717, 1.165) is 0 Å². The van der Waals surface area contributed by atoms with Crippen molar-refractivity contribution in [2.24, 2.45) is 0 Å². The average Bonchev–Trinajstić information content (AvgIpc) is 2.59. The van der Waals surface area contributed by atoms with Gasteiger partial charge in [-0.2, -0.15) is 26.9 Å². The molecule has 28 heavy (non-hydrogen) atoms. The van der Waals surface area contributed by atoms with Crippen LogP contribution in [0.5, 0.6) is 5.88 Å². The molecule has 0 spiro atoms. The molecular weight excluding hydrogens is 403 g/mol. The molecule has 0 radical (unpaired) electrons. The summed E-state index contributed by atoms with van der Waals surface area (Å²) in [6.07, 6.45) is 0. The van der Waals surface area contributed by atoms with E-state index in [0.29, 0.717) is 5.56 Å². The maximum atomic E-state index is 12.7. The van der Waals surface area contributed by atoms with Gasteiger partial charge in [0.25, 0.3) is 5.88 Å². The number of nitrogens with zero attached hydrogens (tertiary/aromatic N) is 3. The molecule has 2 rings (SSSR count). The molecule has 2 N–H and O–H groups in total. The number of alkyl halides is 3. The van der Waals surface area contributed by atoms with Crippen LogP contribution in [0.3, 0.4) is 0 Å². The van der Waals surface area contributed by atoms with Crippen molar-refractivity contribution in [1.82, 2.24) is 4.98 Å². The summed E-state index contributed by atoms with van der Waals surface area (Å²) in [5.41, 5.74) is -5.67. The molecule has 0 fully saturated rings. The summed E-state index contributed by atoms with van der Waals surface area (Å²) < 4.78 is 64.9. The predicted molar refractivity (Wildman–Crippen MR) is 90.1 cm³/mol. The second-order valence-electron chi connectivity index (χ2n) is 5.86. The fourth-order valence-electron chi connectivity index (χ4n) is 2.16. The topological polar surface area (TPSA) is 124 Å². The summed E-state index contributed by atoms with van der Waals surface area (Å²) in [7, 11) is -6.03. The van der Waals surface area contributed by atoms with Crippen LogP contribution in [0.1, 0.15) is 31.0 Å². The Morgan fingerprint density at radius 2 is 1.79 bits per heavy atom. The quantitative estimate of drug-likeness (QED) is 0.430. The van der Waals surface area contributed by atoms with E-state index < -0.39 is 27.1 Å². The van der Waals surface area contributed by atoms with Crippen molar-refractivity contribution in [1.29, 1.82) is 5.26 Å². The highest BCUT2D eigenvalue weighted by Gasteiger charge is 2.49. The lowest BCUT2D eigenvalue weighted by Crippen LogP contribution is -2.28. The monoisotopic (exact) mass is 417 g/mol. The largest absolute Gasteiger partial charge is 0.534 e. The fraction of sp³-hybridized carbons (Fsp3) is 0.250. The van der Waals surface area contributed by atoms with Gasteiger partial charge in [-0.05, 0) is 29.7 Å². The van der Waals surface area contributed by atoms with E-state index in [1.807, 2.05) is 0 Å². The number of benzene rings is 1. The second kappa shape index (κ2) is 7.63. The zero-order valence-corrected chi connectivity index (χ0v) is 15.3. The van der Waals surface area contributed by atoms with Crippen molar-refractivity contribution in [3.63, 3.8) is 0 Å². The molecular formula is C16H14F3N3O5S. The highest BCUT2D eigenvalue weighted by atomic mass is 32.2. The van der Waals surface area contributed by atoms with E-state index in [1.165, 1.54) is 30.3 Å². The third-order valence-corrected chi connectivity index (χ3v) is 4.54. The van der Waals surface area contributed by atoms with E-state index in [1.54, 1.807) is 19.9 Å². The lowest BCUT2D eigenvalue weighted by molar-refractivity contribution is -0.0501. The molecule has 0 bridgehead atoms. The van der Waals surface area contributed by atoms with Gasteiger partial charge in [-0.25, -0.2) is 4.98 Å². The predicted octanol–water partition coefficient (Wildman–Crippen LogP) is 3.56. The van der Waals surface area contributed by atoms with Gasteiger partial charge in [0.15, 0.2) is 0 Å². The Hall–Kier alpha value is -2.88. The van der Waals surface area contributed by atoms with Crippen LogP contribution in [0.15, 0.2) is 30.3 Å². The van der Waals surface area contributed by atoms with Crippen molar-refractivity contribution < 1.29 is 36.2 Å². The van der Waals surface area contributed by atoms with E-state index >= 15 is 0 Å². The molecule has 0 unspecified atom stereocenters. The molecule has 1 heterocycles. The third-order valence-electron chi connectivity index (χ3n) is 3.59. The Bertz CT molecular complexity index is 1010. The minimum atomic E-state index is -6.03. The number of aromatic nitrogens is 1. The van der Waals surface area contributed by atoms with Crippen LogP contribution < -0.4 is 9.41 Å². The normalized spacial score (nSPS) is 12.0. The molecule has 150 valence electrons. The molecule has 1 aromatic heterocycles. The van der Waals surface area contributed by atoms with Crippen molar-refractivity contribution >= 4 is 15.8 Å². The molecule has 2 aromatic rings. The first-order valence-corrected chi connectivity index (χ1v) is 9.02. The first-order valence-electron chi connectivity index (χ1n) is 7.61. The number of rotatable bonds is 5. The van der Waals surface area contributed by atoms with Crippen molar-refractivity contribution in [3.8, 4) is 23.1 Å². The summed E-state index contributed by atoms with van der Waals surface area (Å²) in [6, 6.07) is 8.27. The van der Waals surface area contributed by atoms with Gasteiger partial charge < -0.3 is 4.18 Å². The van der Waals surface area contributed by atoms with Gasteiger partial charge in [0.2, 0.25) is 0 Å². The van der Waals surface area contributed by atoms with Crippen LogP contribution in [-0.4, -0.2) is 29.3 Å². The molecule has 0 aliphatic carbocycles. The lowest BCUT2D eigenvalue weighted by atomic mass is 9.98. The Balaban J connectivity index is 2.69. The van der Waals surface area contributed by atoms with Gasteiger partial charge in [-0.15, -0.1) is 5.23 Å². The van der Waals surface area contributed by atoms with Crippen LogP contribution in [0, 0.1) is 11.3 Å². The molecule has 12 heteroatoms. The van der Waals surface area contributed by atoms with Gasteiger partial charge in [-0.3, -0.25) is 10.4 Å². The van der Waals surface area contributed by atoms with Crippen LogP contribution in [0.2, 0.25) is 0 Å². The van der Waals surface area contributed by atoms with Gasteiger partial charge in [-0.1, -0.05) is 26.0 Å². The maximum Gasteiger partial charge on any atom is 0.534 e. The number of hydrogen-bond donors (Lipinski definition) is 2. The summed E-state index contributed by atoms with van der Waals surface area (Å²) in [5.74, 6) is -1.32. The Morgan fingerprint density at radius 3 is 2.21 bits per heavy atom. The second-order valence-corrected chi connectivity index (χ2v) is 7.40. The summed E-state index contributed by atoms with van der Waals surface area (Å²) in [4.78, 5) is 3.76. The highest BCUT2D eigenvalue weighted by molar-refractivity contribution is 7.87. The Morgan fingerprint density at radius 1 is 1.21 bits per heavy atom. The molecule has 0 aliphatic rings. The third kappa shape index (κ3) is 4.33. The van der Waals surface area contributed by atoms with E-state index in [4.69, 9.17) is 10.4 Å². The molecule has 0 atom stereocenters. The van der Waals surface area contributed by atoms with E-state index in [2.05, 4.69) is 9.17 Å². The Kier molecular flexibility index (Phi) is 5.83. The number of halogens is 3. The van der Waals surface area contributed by atoms with Gasteiger partial charge in [0, 0.05) is 11.3 Å². The Labute approximate surface area is 158 Å². The van der Waals surface area contributed by atoms with Gasteiger partial charge in [0.1, 0.15) is 11.6 Å². The number of pyridine rings is 1. The number of nitriles is 1. The van der Waals surface area contributed by atoms with Crippen LogP contribution in [-0.2, 0) is 10.1 Å².